The molecule has 0 bridgehead atoms. The second kappa shape index (κ2) is 5.17. The van der Waals surface area contributed by atoms with Gasteiger partial charge in [-0.1, -0.05) is 45.0 Å². The Morgan fingerprint density at radius 3 is 2.16 bits per heavy atom. The van der Waals surface area contributed by atoms with Crippen molar-refractivity contribution in [2.75, 3.05) is 7.05 Å². The molecule has 1 heterocycles. The van der Waals surface area contributed by atoms with Gasteiger partial charge in [0.05, 0.1) is 11.7 Å². The summed E-state index contributed by atoms with van der Waals surface area (Å²) in [6.45, 7) is 6.70. The number of nitrogens with zero attached hydrogens (tertiary/aromatic N) is 2. The Hall–Kier alpha value is -1.61. The van der Waals surface area contributed by atoms with E-state index in [2.05, 4.69) is 61.5 Å². The SMILES string of the molecule is CNC(c1ccc(C(C)(C)C)cc1)c1ccn(C)n1. The van der Waals surface area contributed by atoms with E-state index in [-0.39, 0.29) is 11.5 Å². The summed E-state index contributed by atoms with van der Waals surface area (Å²) in [6.07, 6.45) is 1.98. The van der Waals surface area contributed by atoms with Crippen molar-refractivity contribution in [1.82, 2.24) is 15.1 Å². The zero-order valence-electron chi connectivity index (χ0n) is 12.4. The maximum absolute atomic E-state index is 4.48. The van der Waals surface area contributed by atoms with E-state index in [1.165, 1.54) is 11.1 Å². The molecule has 0 spiro atoms. The van der Waals surface area contributed by atoms with Gasteiger partial charge in [0.1, 0.15) is 0 Å². The van der Waals surface area contributed by atoms with Gasteiger partial charge in [0.2, 0.25) is 0 Å². The Morgan fingerprint density at radius 2 is 1.74 bits per heavy atom. The van der Waals surface area contributed by atoms with Gasteiger partial charge in [0, 0.05) is 13.2 Å². The molecule has 102 valence electrons. The molecule has 1 N–H and O–H groups in total. The van der Waals surface area contributed by atoms with Gasteiger partial charge in [0.15, 0.2) is 0 Å². The molecule has 0 saturated heterocycles. The summed E-state index contributed by atoms with van der Waals surface area (Å²) in [5, 5.41) is 7.81. The minimum atomic E-state index is 0.148. The molecular weight excluding hydrogens is 234 g/mol. The molecule has 1 aromatic heterocycles. The lowest BCUT2D eigenvalue weighted by Crippen LogP contribution is -2.19. The highest BCUT2D eigenvalue weighted by atomic mass is 15.3. The first-order chi connectivity index (χ1) is 8.91. The number of aromatic nitrogens is 2. The predicted molar refractivity (Wildman–Crippen MR) is 79.3 cm³/mol. The van der Waals surface area contributed by atoms with E-state index < -0.39 is 0 Å². The van der Waals surface area contributed by atoms with Crippen LogP contribution in [-0.4, -0.2) is 16.8 Å². The van der Waals surface area contributed by atoms with Gasteiger partial charge in [-0.2, -0.15) is 5.10 Å². The van der Waals surface area contributed by atoms with Gasteiger partial charge < -0.3 is 5.32 Å². The fourth-order valence-electron chi connectivity index (χ4n) is 2.25. The van der Waals surface area contributed by atoms with Crippen LogP contribution in [0.2, 0.25) is 0 Å². The highest BCUT2D eigenvalue weighted by Gasteiger charge is 2.17. The summed E-state index contributed by atoms with van der Waals surface area (Å²) in [6, 6.07) is 11.0. The minimum absolute atomic E-state index is 0.148. The molecule has 3 heteroatoms. The second-order valence-electron chi connectivity index (χ2n) is 6.01. The number of nitrogens with one attached hydrogen (secondary N) is 1. The maximum Gasteiger partial charge on any atom is 0.0839 e. The molecule has 1 atom stereocenters. The molecule has 0 saturated carbocycles. The molecule has 0 amide bonds. The minimum Gasteiger partial charge on any atom is -0.308 e. The van der Waals surface area contributed by atoms with Gasteiger partial charge in [-0.25, -0.2) is 0 Å². The molecule has 0 aliphatic rings. The average Bonchev–Trinajstić information content (AvgIpc) is 2.76. The highest BCUT2D eigenvalue weighted by Crippen LogP contribution is 2.25. The van der Waals surface area contributed by atoms with Crippen LogP contribution in [-0.2, 0) is 12.5 Å². The Kier molecular flexibility index (Phi) is 3.76. The first-order valence-corrected chi connectivity index (χ1v) is 6.69. The zero-order chi connectivity index (χ0) is 14.0. The summed E-state index contributed by atoms with van der Waals surface area (Å²) < 4.78 is 1.84. The van der Waals surface area contributed by atoms with Crippen LogP contribution >= 0.6 is 0 Å². The first kappa shape index (κ1) is 13.8. The van der Waals surface area contributed by atoms with E-state index in [1.54, 1.807) is 0 Å². The standard InChI is InChI=1S/C16H23N3/c1-16(2,3)13-8-6-12(7-9-13)15(17-4)14-10-11-19(5)18-14/h6-11,15,17H,1-5H3. The quantitative estimate of drug-likeness (QED) is 0.916. The molecule has 1 unspecified atom stereocenters. The number of hydrogen-bond acceptors (Lipinski definition) is 2. The lowest BCUT2D eigenvalue weighted by atomic mass is 9.86. The molecular formula is C16H23N3. The summed E-state index contributed by atoms with van der Waals surface area (Å²) in [5.41, 5.74) is 3.84. The van der Waals surface area contributed by atoms with Crippen LogP contribution in [0.25, 0.3) is 0 Å². The maximum atomic E-state index is 4.48. The van der Waals surface area contributed by atoms with E-state index in [4.69, 9.17) is 0 Å². The van der Waals surface area contributed by atoms with Crippen molar-refractivity contribution in [3.8, 4) is 0 Å². The van der Waals surface area contributed by atoms with Gasteiger partial charge in [-0.15, -0.1) is 0 Å². The molecule has 19 heavy (non-hydrogen) atoms. The Balaban J connectivity index is 2.30. The molecule has 0 aliphatic heterocycles. The van der Waals surface area contributed by atoms with Crippen molar-refractivity contribution in [2.24, 2.45) is 7.05 Å². The Morgan fingerprint density at radius 1 is 1.11 bits per heavy atom. The van der Waals surface area contributed by atoms with Crippen molar-refractivity contribution in [1.29, 1.82) is 0 Å². The second-order valence-corrected chi connectivity index (χ2v) is 6.01. The van der Waals surface area contributed by atoms with E-state index in [0.29, 0.717) is 0 Å². The van der Waals surface area contributed by atoms with Crippen LogP contribution in [0.5, 0.6) is 0 Å². The summed E-state index contributed by atoms with van der Waals surface area (Å²) in [4.78, 5) is 0. The fourth-order valence-corrected chi connectivity index (χ4v) is 2.25. The van der Waals surface area contributed by atoms with Crippen molar-refractivity contribution in [2.45, 2.75) is 32.2 Å². The van der Waals surface area contributed by atoms with Crippen LogP contribution in [0.4, 0.5) is 0 Å². The largest absolute Gasteiger partial charge is 0.308 e. The van der Waals surface area contributed by atoms with E-state index in [1.807, 2.05) is 25.0 Å². The molecule has 0 fully saturated rings. The number of aryl methyl sites for hydroxylation is 1. The molecule has 2 aromatic rings. The van der Waals surface area contributed by atoms with Crippen LogP contribution in [0, 0.1) is 0 Å². The van der Waals surface area contributed by atoms with Crippen molar-refractivity contribution >= 4 is 0 Å². The molecule has 2 rings (SSSR count). The lowest BCUT2D eigenvalue weighted by molar-refractivity contribution is 0.588. The van der Waals surface area contributed by atoms with E-state index in [0.717, 1.165) is 5.69 Å². The Labute approximate surface area is 115 Å². The molecule has 0 aliphatic carbocycles. The number of hydrogen-bond donors (Lipinski definition) is 1. The normalized spacial score (nSPS) is 13.5. The lowest BCUT2D eigenvalue weighted by Gasteiger charge is -2.21. The first-order valence-electron chi connectivity index (χ1n) is 6.69. The highest BCUT2D eigenvalue weighted by molar-refractivity contribution is 5.32. The Bertz CT molecular complexity index is 532. The van der Waals surface area contributed by atoms with Crippen LogP contribution in [0.3, 0.4) is 0 Å². The van der Waals surface area contributed by atoms with Gasteiger partial charge in [-0.3, -0.25) is 4.68 Å². The average molecular weight is 257 g/mol. The summed E-state index contributed by atoms with van der Waals surface area (Å²) >= 11 is 0. The third kappa shape index (κ3) is 3.04. The van der Waals surface area contributed by atoms with Crippen LogP contribution in [0.1, 0.15) is 43.6 Å². The third-order valence-corrected chi connectivity index (χ3v) is 3.43. The molecule has 0 radical (unpaired) electrons. The van der Waals surface area contributed by atoms with Crippen LogP contribution in [0.15, 0.2) is 36.5 Å². The van der Waals surface area contributed by atoms with Gasteiger partial charge in [-0.05, 0) is 29.7 Å². The predicted octanol–water partition coefficient (Wildman–Crippen LogP) is 3.03. The van der Waals surface area contributed by atoms with Crippen molar-refractivity contribution in [3.05, 3.63) is 53.3 Å². The topological polar surface area (TPSA) is 29.9 Å². The van der Waals surface area contributed by atoms with Crippen molar-refractivity contribution in [3.63, 3.8) is 0 Å². The van der Waals surface area contributed by atoms with Gasteiger partial charge >= 0.3 is 0 Å². The summed E-state index contributed by atoms with van der Waals surface area (Å²) in [7, 11) is 3.91. The number of benzene rings is 1. The smallest absolute Gasteiger partial charge is 0.0839 e. The summed E-state index contributed by atoms with van der Waals surface area (Å²) in [5.74, 6) is 0. The van der Waals surface area contributed by atoms with Gasteiger partial charge in [0.25, 0.3) is 0 Å². The third-order valence-electron chi connectivity index (χ3n) is 3.43. The van der Waals surface area contributed by atoms with E-state index in [9.17, 15) is 0 Å². The molecule has 1 aromatic carbocycles. The van der Waals surface area contributed by atoms with Crippen LogP contribution < -0.4 is 5.32 Å². The van der Waals surface area contributed by atoms with E-state index >= 15 is 0 Å². The monoisotopic (exact) mass is 257 g/mol. The number of rotatable bonds is 3. The molecule has 3 nitrogen and oxygen atoms in total. The van der Waals surface area contributed by atoms with Crippen molar-refractivity contribution < 1.29 is 0 Å². The zero-order valence-corrected chi connectivity index (χ0v) is 12.4. The fraction of sp³-hybridized carbons (Fsp3) is 0.438.